The summed E-state index contributed by atoms with van der Waals surface area (Å²) in [5, 5.41) is 13.3. The molecule has 3 unspecified atom stereocenters. The van der Waals surface area contributed by atoms with Gasteiger partial charge in [0.1, 0.15) is 0 Å². The molecule has 3 rings (SSSR count). The lowest BCUT2D eigenvalue weighted by Gasteiger charge is -2.34. The molecule has 3 aliphatic rings. The second-order valence-electron chi connectivity index (χ2n) is 7.80. The predicted molar refractivity (Wildman–Crippen MR) is 98.3 cm³/mol. The number of ether oxygens (including phenoxy) is 1. The van der Waals surface area contributed by atoms with E-state index in [1.807, 2.05) is 17.1 Å². The molecule has 6 nitrogen and oxygen atoms in total. The van der Waals surface area contributed by atoms with E-state index in [1.54, 1.807) is 0 Å². The summed E-state index contributed by atoms with van der Waals surface area (Å²) >= 11 is 0. The highest BCUT2D eigenvalue weighted by molar-refractivity contribution is 5.88. The highest BCUT2D eigenvalue weighted by Gasteiger charge is 2.37. The highest BCUT2D eigenvalue weighted by atomic mass is 16.5. The van der Waals surface area contributed by atoms with E-state index in [0.29, 0.717) is 51.6 Å². The Morgan fingerprint density at radius 1 is 1.08 bits per heavy atom. The molecule has 0 radical (unpaired) electrons. The Morgan fingerprint density at radius 2 is 1.73 bits per heavy atom. The average molecular weight is 364 g/mol. The van der Waals surface area contributed by atoms with Crippen molar-refractivity contribution in [3.63, 3.8) is 0 Å². The lowest BCUT2D eigenvalue weighted by Crippen LogP contribution is -2.49. The van der Waals surface area contributed by atoms with Gasteiger partial charge in [-0.2, -0.15) is 0 Å². The summed E-state index contributed by atoms with van der Waals surface area (Å²) in [6, 6.07) is 0. The van der Waals surface area contributed by atoms with Crippen LogP contribution in [0.4, 0.5) is 0 Å². The van der Waals surface area contributed by atoms with E-state index in [1.165, 1.54) is 19.3 Å². The fourth-order valence-electron chi connectivity index (χ4n) is 4.42. The average Bonchev–Trinajstić information content (AvgIpc) is 2.72. The normalized spacial score (nSPS) is 28.6. The number of hydrogen-bond donors (Lipinski definition) is 2. The van der Waals surface area contributed by atoms with Crippen molar-refractivity contribution in [3.05, 3.63) is 12.2 Å². The Bertz CT molecular complexity index is 510. The van der Waals surface area contributed by atoms with E-state index in [4.69, 9.17) is 4.74 Å². The van der Waals surface area contributed by atoms with Crippen molar-refractivity contribution in [1.82, 2.24) is 10.2 Å². The molecule has 2 fully saturated rings. The molecule has 1 saturated carbocycles. The Hall–Kier alpha value is -1.40. The van der Waals surface area contributed by atoms with Gasteiger partial charge < -0.3 is 20.1 Å². The summed E-state index contributed by atoms with van der Waals surface area (Å²) in [7, 11) is 0. The highest BCUT2D eigenvalue weighted by Crippen LogP contribution is 2.29. The first kappa shape index (κ1) is 19.4. The zero-order chi connectivity index (χ0) is 18.4. The molecule has 3 atom stereocenters. The molecule has 1 saturated heterocycles. The molecule has 146 valence electrons. The van der Waals surface area contributed by atoms with Crippen molar-refractivity contribution < 1.29 is 19.4 Å². The zero-order valence-electron chi connectivity index (χ0n) is 15.6. The SMILES string of the molecule is O=C(NCC(O)C1CCCCC1)C1CC=CCC1C(=O)N1CCOCC1. The number of allylic oxidation sites excluding steroid dienone is 2. The Balaban J connectivity index is 1.53. The Labute approximate surface area is 156 Å². The van der Waals surface area contributed by atoms with E-state index >= 15 is 0 Å². The standard InChI is InChI=1S/C20H32N2O4/c23-18(15-6-2-1-3-7-15)14-21-19(24)16-8-4-5-9-17(16)20(25)22-10-12-26-13-11-22/h4-5,15-18,23H,1-3,6-14H2,(H,21,24). The number of amides is 2. The number of hydrogen-bond acceptors (Lipinski definition) is 4. The fraction of sp³-hybridized carbons (Fsp3) is 0.800. The van der Waals surface area contributed by atoms with Crippen molar-refractivity contribution in [1.29, 1.82) is 0 Å². The van der Waals surface area contributed by atoms with Crippen molar-refractivity contribution in [2.45, 2.75) is 51.0 Å². The Kier molecular flexibility index (Phi) is 7.08. The molecule has 2 N–H and O–H groups in total. The first-order valence-corrected chi connectivity index (χ1v) is 10.1. The number of morpholine rings is 1. The van der Waals surface area contributed by atoms with Gasteiger partial charge in [-0.15, -0.1) is 0 Å². The number of rotatable bonds is 5. The summed E-state index contributed by atoms with van der Waals surface area (Å²) in [6.07, 6.45) is 10.4. The topological polar surface area (TPSA) is 78.9 Å². The van der Waals surface area contributed by atoms with Gasteiger partial charge in [0.15, 0.2) is 0 Å². The van der Waals surface area contributed by atoms with Crippen LogP contribution in [-0.4, -0.2) is 60.8 Å². The minimum atomic E-state index is -0.480. The van der Waals surface area contributed by atoms with Gasteiger partial charge in [-0.25, -0.2) is 0 Å². The quantitative estimate of drug-likeness (QED) is 0.725. The molecule has 0 bridgehead atoms. The van der Waals surface area contributed by atoms with Crippen molar-refractivity contribution in [2.75, 3.05) is 32.8 Å². The van der Waals surface area contributed by atoms with Gasteiger partial charge in [-0.3, -0.25) is 9.59 Å². The monoisotopic (exact) mass is 364 g/mol. The molecule has 0 aromatic heterocycles. The van der Waals surface area contributed by atoms with Crippen LogP contribution in [0.1, 0.15) is 44.9 Å². The third kappa shape index (κ3) is 4.86. The molecular weight excluding hydrogens is 332 g/mol. The van der Waals surface area contributed by atoms with Crippen molar-refractivity contribution in [2.24, 2.45) is 17.8 Å². The van der Waals surface area contributed by atoms with Crippen LogP contribution < -0.4 is 5.32 Å². The minimum Gasteiger partial charge on any atom is -0.391 e. The van der Waals surface area contributed by atoms with Crippen LogP contribution in [0.15, 0.2) is 12.2 Å². The van der Waals surface area contributed by atoms with E-state index in [0.717, 1.165) is 12.8 Å². The van der Waals surface area contributed by atoms with Gasteiger partial charge in [-0.1, -0.05) is 31.4 Å². The van der Waals surface area contributed by atoms with Crippen LogP contribution in [0, 0.1) is 17.8 Å². The third-order valence-corrected chi connectivity index (χ3v) is 6.09. The lowest BCUT2D eigenvalue weighted by atomic mass is 9.81. The molecule has 0 spiro atoms. The molecule has 2 amide bonds. The minimum absolute atomic E-state index is 0.0608. The van der Waals surface area contributed by atoms with Crippen LogP contribution >= 0.6 is 0 Å². The summed E-state index contributed by atoms with van der Waals surface area (Å²) in [6.45, 7) is 2.64. The van der Waals surface area contributed by atoms with Crippen LogP contribution in [0.5, 0.6) is 0 Å². The van der Waals surface area contributed by atoms with Gasteiger partial charge in [0.25, 0.3) is 0 Å². The maximum Gasteiger partial charge on any atom is 0.226 e. The second kappa shape index (κ2) is 9.51. The maximum absolute atomic E-state index is 12.9. The van der Waals surface area contributed by atoms with E-state index in [2.05, 4.69) is 5.32 Å². The maximum atomic E-state index is 12.9. The van der Waals surface area contributed by atoms with Gasteiger partial charge in [0, 0.05) is 19.6 Å². The summed E-state index contributed by atoms with van der Waals surface area (Å²) in [5.41, 5.74) is 0. The predicted octanol–water partition coefficient (Wildman–Crippen LogP) is 1.48. The molecule has 0 aromatic carbocycles. The fourth-order valence-corrected chi connectivity index (χ4v) is 4.42. The number of carbonyl (C=O) groups is 2. The molecule has 0 aromatic rings. The largest absolute Gasteiger partial charge is 0.391 e. The van der Waals surface area contributed by atoms with Crippen molar-refractivity contribution in [3.8, 4) is 0 Å². The van der Waals surface area contributed by atoms with Crippen LogP contribution in [0.3, 0.4) is 0 Å². The van der Waals surface area contributed by atoms with E-state index < -0.39 is 6.10 Å². The summed E-state index contributed by atoms with van der Waals surface area (Å²) in [4.78, 5) is 27.4. The van der Waals surface area contributed by atoms with Gasteiger partial charge >= 0.3 is 0 Å². The lowest BCUT2D eigenvalue weighted by molar-refractivity contribution is -0.145. The number of carbonyl (C=O) groups excluding carboxylic acids is 2. The number of aliphatic hydroxyl groups is 1. The molecule has 1 aliphatic heterocycles. The number of aliphatic hydroxyl groups excluding tert-OH is 1. The molecule has 26 heavy (non-hydrogen) atoms. The van der Waals surface area contributed by atoms with Crippen LogP contribution in [0.25, 0.3) is 0 Å². The van der Waals surface area contributed by atoms with E-state index in [-0.39, 0.29) is 23.7 Å². The molecule has 1 heterocycles. The Morgan fingerprint density at radius 3 is 2.42 bits per heavy atom. The first-order valence-electron chi connectivity index (χ1n) is 10.1. The van der Waals surface area contributed by atoms with Gasteiger partial charge in [-0.05, 0) is 31.6 Å². The first-order chi connectivity index (χ1) is 12.7. The summed E-state index contributed by atoms with van der Waals surface area (Å²) in [5.74, 6) is -0.388. The van der Waals surface area contributed by atoms with Crippen molar-refractivity contribution >= 4 is 11.8 Å². The molecule has 6 heteroatoms. The zero-order valence-corrected chi connectivity index (χ0v) is 15.6. The van der Waals surface area contributed by atoms with E-state index in [9.17, 15) is 14.7 Å². The van der Waals surface area contributed by atoms with Gasteiger partial charge in [0.05, 0.1) is 31.2 Å². The third-order valence-electron chi connectivity index (χ3n) is 6.09. The molecular formula is C20H32N2O4. The van der Waals surface area contributed by atoms with Crippen LogP contribution in [0.2, 0.25) is 0 Å². The number of nitrogens with zero attached hydrogens (tertiary/aromatic N) is 1. The second-order valence-corrected chi connectivity index (χ2v) is 7.80. The number of nitrogens with one attached hydrogen (secondary N) is 1. The van der Waals surface area contributed by atoms with Gasteiger partial charge in [0.2, 0.25) is 11.8 Å². The summed E-state index contributed by atoms with van der Waals surface area (Å²) < 4.78 is 5.32. The van der Waals surface area contributed by atoms with Crippen LogP contribution in [-0.2, 0) is 14.3 Å². The molecule has 2 aliphatic carbocycles. The smallest absolute Gasteiger partial charge is 0.226 e.